The molecule has 34 heavy (non-hydrogen) atoms. The smallest absolute Gasteiger partial charge is 0.230 e. The van der Waals surface area contributed by atoms with Crippen LogP contribution in [0.5, 0.6) is 0 Å². The highest BCUT2D eigenvalue weighted by Gasteiger charge is 2.57. The molecule has 0 saturated heterocycles. The average molecular weight is 457 g/mol. The first kappa shape index (κ1) is 21.9. The number of benzene rings is 2. The maximum absolute atomic E-state index is 13.8. The lowest BCUT2D eigenvalue weighted by atomic mass is 10.0. The number of carbonyl (C=O) groups is 2. The predicted octanol–water partition coefficient (Wildman–Crippen LogP) is 5.93. The maximum atomic E-state index is 13.8. The molecular weight excluding hydrogens is 420 g/mol. The van der Waals surface area contributed by atoms with E-state index in [1.54, 1.807) is 0 Å². The van der Waals surface area contributed by atoms with Gasteiger partial charge in [0.2, 0.25) is 11.8 Å². The van der Waals surface area contributed by atoms with Crippen LogP contribution in [0.2, 0.25) is 0 Å². The van der Waals surface area contributed by atoms with Gasteiger partial charge in [0, 0.05) is 36.3 Å². The van der Waals surface area contributed by atoms with Crippen LogP contribution in [0.3, 0.4) is 0 Å². The van der Waals surface area contributed by atoms with Crippen LogP contribution in [-0.4, -0.2) is 24.9 Å². The highest BCUT2D eigenvalue weighted by Crippen LogP contribution is 2.57. The summed E-state index contributed by atoms with van der Waals surface area (Å²) in [5.41, 5.74) is 1.91. The average Bonchev–Trinajstić information content (AvgIpc) is 3.80. The molecule has 4 saturated carbocycles. The SMILES string of the molecule is O=C(C1[C@H]2CCCC[C@@H]12)N(CCN(C(=O)C1[C@@H]2CCCC[C@@H]12)c1ccccc1)c1ccccc1. The lowest BCUT2D eigenvalue weighted by Gasteiger charge is -2.29. The fraction of sp³-hybridized carbons (Fsp3) is 0.533. The van der Waals surface area contributed by atoms with E-state index in [2.05, 4.69) is 0 Å². The maximum Gasteiger partial charge on any atom is 0.230 e. The lowest BCUT2D eigenvalue weighted by Crippen LogP contribution is -2.43. The molecule has 4 fully saturated rings. The number of hydrogen-bond acceptors (Lipinski definition) is 2. The van der Waals surface area contributed by atoms with E-state index in [-0.39, 0.29) is 23.7 Å². The van der Waals surface area contributed by atoms with E-state index in [4.69, 9.17) is 0 Å². The summed E-state index contributed by atoms with van der Waals surface area (Å²) in [6, 6.07) is 20.2. The van der Waals surface area contributed by atoms with E-state index in [9.17, 15) is 9.59 Å². The van der Waals surface area contributed by atoms with Gasteiger partial charge < -0.3 is 9.80 Å². The Morgan fingerprint density at radius 2 is 0.882 bits per heavy atom. The standard InChI is InChI=1S/C30H36N2O2/c33-29(27-23-15-7-8-16-24(23)27)31(21-11-3-1-4-12-21)19-20-32(22-13-5-2-6-14-22)30(34)28-25-17-9-10-18-26(25)28/h1-6,11-14,23-28H,7-10,15-20H2/t23-,24-,25-,26+,28?/m1/s1. The summed E-state index contributed by atoms with van der Waals surface area (Å²) in [5.74, 6) is 3.20. The molecule has 2 aromatic carbocycles. The Balaban J connectivity index is 1.23. The minimum atomic E-state index is 0.176. The summed E-state index contributed by atoms with van der Waals surface area (Å²) in [6.45, 7) is 1.09. The molecule has 2 amide bonds. The van der Waals surface area contributed by atoms with Gasteiger partial charge in [-0.1, -0.05) is 62.1 Å². The van der Waals surface area contributed by atoms with Gasteiger partial charge in [0.25, 0.3) is 0 Å². The molecule has 4 aliphatic carbocycles. The first-order valence-electron chi connectivity index (χ1n) is 13.5. The summed E-state index contributed by atoms with van der Waals surface area (Å²) in [7, 11) is 0. The second-order valence-electron chi connectivity index (χ2n) is 10.9. The number of anilines is 2. The zero-order chi connectivity index (χ0) is 23.1. The number of para-hydroxylation sites is 2. The molecule has 0 spiro atoms. The van der Waals surface area contributed by atoms with Crippen LogP contribution in [-0.2, 0) is 9.59 Å². The fourth-order valence-electron chi connectivity index (χ4n) is 7.23. The number of nitrogens with zero attached hydrogens (tertiary/aromatic N) is 2. The van der Waals surface area contributed by atoms with E-state index in [1.807, 2.05) is 70.5 Å². The van der Waals surface area contributed by atoms with Crippen LogP contribution in [0.4, 0.5) is 11.4 Å². The zero-order valence-electron chi connectivity index (χ0n) is 20.0. The molecule has 2 aromatic rings. The van der Waals surface area contributed by atoms with Crippen molar-refractivity contribution in [2.75, 3.05) is 22.9 Å². The fourth-order valence-corrected chi connectivity index (χ4v) is 7.23. The molecule has 0 heterocycles. The molecule has 0 aromatic heterocycles. The van der Waals surface area contributed by atoms with Crippen molar-refractivity contribution in [2.24, 2.45) is 35.5 Å². The second-order valence-corrected chi connectivity index (χ2v) is 10.9. The van der Waals surface area contributed by atoms with Gasteiger partial charge in [-0.15, -0.1) is 0 Å². The summed E-state index contributed by atoms with van der Waals surface area (Å²) in [5, 5.41) is 0. The van der Waals surface area contributed by atoms with Gasteiger partial charge in [-0.2, -0.15) is 0 Å². The van der Waals surface area contributed by atoms with Crippen LogP contribution in [0.15, 0.2) is 60.7 Å². The molecule has 4 nitrogen and oxygen atoms in total. The summed E-state index contributed by atoms with van der Waals surface area (Å²) in [6.07, 6.45) is 9.83. The monoisotopic (exact) mass is 456 g/mol. The van der Waals surface area contributed by atoms with Gasteiger partial charge >= 0.3 is 0 Å². The Hall–Kier alpha value is -2.62. The van der Waals surface area contributed by atoms with Crippen molar-refractivity contribution in [2.45, 2.75) is 51.4 Å². The van der Waals surface area contributed by atoms with Gasteiger partial charge in [-0.05, 0) is 73.6 Å². The van der Waals surface area contributed by atoms with Crippen LogP contribution < -0.4 is 9.80 Å². The molecule has 0 radical (unpaired) electrons. The van der Waals surface area contributed by atoms with Crippen molar-refractivity contribution in [1.29, 1.82) is 0 Å². The minimum Gasteiger partial charge on any atom is -0.310 e. The van der Waals surface area contributed by atoms with Gasteiger partial charge in [-0.25, -0.2) is 0 Å². The molecule has 0 aliphatic heterocycles. The van der Waals surface area contributed by atoms with E-state index in [0.717, 1.165) is 11.4 Å². The molecule has 0 bridgehead atoms. The lowest BCUT2D eigenvalue weighted by molar-refractivity contribution is -0.121. The van der Waals surface area contributed by atoms with Crippen molar-refractivity contribution in [3.05, 3.63) is 60.7 Å². The van der Waals surface area contributed by atoms with Crippen LogP contribution >= 0.6 is 0 Å². The molecule has 4 aliphatic rings. The highest BCUT2D eigenvalue weighted by atomic mass is 16.2. The minimum absolute atomic E-state index is 0.176. The second kappa shape index (κ2) is 9.20. The molecule has 178 valence electrons. The van der Waals surface area contributed by atoms with Gasteiger partial charge in [0.15, 0.2) is 0 Å². The zero-order valence-corrected chi connectivity index (χ0v) is 20.0. The molecule has 0 N–H and O–H groups in total. The van der Waals surface area contributed by atoms with Crippen molar-refractivity contribution < 1.29 is 9.59 Å². The summed E-state index contributed by atoms with van der Waals surface area (Å²) in [4.78, 5) is 31.5. The Morgan fingerprint density at radius 1 is 0.559 bits per heavy atom. The molecular formula is C30H36N2O2. The normalized spacial score (nSPS) is 31.1. The van der Waals surface area contributed by atoms with Crippen molar-refractivity contribution >= 4 is 23.2 Å². The topological polar surface area (TPSA) is 40.6 Å². The Bertz CT molecular complexity index is 915. The van der Waals surface area contributed by atoms with Crippen molar-refractivity contribution in [3.63, 3.8) is 0 Å². The Morgan fingerprint density at radius 3 is 1.21 bits per heavy atom. The van der Waals surface area contributed by atoms with E-state index >= 15 is 0 Å². The van der Waals surface area contributed by atoms with E-state index < -0.39 is 0 Å². The Kier molecular flexibility index (Phi) is 5.92. The van der Waals surface area contributed by atoms with Crippen molar-refractivity contribution in [3.8, 4) is 0 Å². The van der Waals surface area contributed by atoms with Crippen LogP contribution in [0, 0.1) is 35.5 Å². The molecule has 1 unspecified atom stereocenters. The van der Waals surface area contributed by atoms with Crippen LogP contribution in [0.1, 0.15) is 51.4 Å². The Labute approximate surface area is 203 Å². The first-order chi connectivity index (χ1) is 16.7. The molecule has 5 atom stereocenters. The van der Waals surface area contributed by atoms with E-state index in [0.29, 0.717) is 36.8 Å². The van der Waals surface area contributed by atoms with E-state index in [1.165, 1.54) is 51.4 Å². The van der Waals surface area contributed by atoms with Crippen molar-refractivity contribution in [1.82, 2.24) is 0 Å². The highest BCUT2D eigenvalue weighted by molar-refractivity contribution is 5.99. The van der Waals surface area contributed by atoms with Crippen LogP contribution in [0.25, 0.3) is 0 Å². The number of fused-ring (bicyclic) bond motifs is 2. The quantitative estimate of drug-likeness (QED) is 0.518. The number of amides is 2. The molecule has 6 rings (SSSR count). The summed E-state index contributed by atoms with van der Waals surface area (Å²) >= 11 is 0. The third kappa shape index (κ3) is 4.06. The largest absolute Gasteiger partial charge is 0.310 e. The van der Waals surface area contributed by atoms with Gasteiger partial charge in [0.05, 0.1) is 0 Å². The number of rotatable bonds is 7. The third-order valence-electron chi connectivity index (χ3n) is 9.10. The summed E-state index contributed by atoms with van der Waals surface area (Å²) < 4.78 is 0. The number of carbonyl (C=O) groups excluding carboxylic acids is 2. The molecule has 4 heteroatoms. The third-order valence-corrected chi connectivity index (χ3v) is 9.10. The first-order valence-corrected chi connectivity index (χ1v) is 13.5. The number of hydrogen-bond donors (Lipinski definition) is 0. The van der Waals surface area contributed by atoms with Gasteiger partial charge in [-0.3, -0.25) is 9.59 Å². The van der Waals surface area contributed by atoms with Gasteiger partial charge in [0.1, 0.15) is 0 Å². The predicted molar refractivity (Wildman–Crippen MR) is 135 cm³/mol.